The fraction of sp³-hybridized carbons (Fsp3) is 0.692. The third-order valence-electron chi connectivity index (χ3n) is 3.41. The Morgan fingerprint density at radius 2 is 2.25 bits per heavy atom. The van der Waals surface area contributed by atoms with Gasteiger partial charge < -0.3 is 9.84 Å². The molecule has 0 radical (unpaired) electrons. The molecule has 1 aliphatic heterocycles. The van der Waals surface area contributed by atoms with Gasteiger partial charge >= 0.3 is 0 Å². The van der Waals surface area contributed by atoms with Crippen LogP contribution in [-0.2, 0) is 17.6 Å². The van der Waals surface area contributed by atoms with Crippen LogP contribution >= 0.6 is 11.3 Å². The predicted molar refractivity (Wildman–Crippen MR) is 67.0 cm³/mol. The average molecular weight is 240 g/mol. The Balaban J connectivity index is 2.01. The van der Waals surface area contributed by atoms with Gasteiger partial charge in [-0.3, -0.25) is 0 Å². The first-order valence-electron chi connectivity index (χ1n) is 5.99. The summed E-state index contributed by atoms with van der Waals surface area (Å²) in [4.78, 5) is 2.68. The molecule has 1 N–H and O–H groups in total. The summed E-state index contributed by atoms with van der Waals surface area (Å²) in [6.45, 7) is 5.61. The van der Waals surface area contributed by atoms with Crippen LogP contribution in [0.3, 0.4) is 0 Å². The molecule has 2 heterocycles. The summed E-state index contributed by atoms with van der Waals surface area (Å²) in [6.07, 6.45) is 2.82. The van der Waals surface area contributed by atoms with E-state index in [4.69, 9.17) is 4.74 Å². The van der Waals surface area contributed by atoms with Gasteiger partial charge in [0.05, 0.1) is 12.2 Å². The van der Waals surface area contributed by atoms with Crippen molar-refractivity contribution in [3.8, 4) is 0 Å². The first-order valence-corrected chi connectivity index (χ1v) is 6.81. The van der Waals surface area contributed by atoms with Crippen molar-refractivity contribution in [2.24, 2.45) is 5.92 Å². The molecule has 2 rings (SSSR count). The van der Waals surface area contributed by atoms with Crippen LogP contribution in [-0.4, -0.2) is 23.9 Å². The molecule has 2 unspecified atom stereocenters. The second-order valence-electron chi connectivity index (χ2n) is 4.82. The summed E-state index contributed by atoms with van der Waals surface area (Å²) in [6, 6.07) is 4.31. The fourth-order valence-corrected chi connectivity index (χ4v) is 3.35. The van der Waals surface area contributed by atoms with E-state index < -0.39 is 5.60 Å². The number of hydrogen-bond donors (Lipinski definition) is 1. The molecule has 90 valence electrons. The van der Waals surface area contributed by atoms with E-state index in [1.54, 1.807) is 0 Å². The highest BCUT2D eigenvalue weighted by molar-refractivity contribution is 7.12. The monoisotopic (exact) mass is 240 g/mol. The Morgan fingerprint density at radius 1 is 1.50 bits per heavy atom. The minimum Gasteiger partial charge on any atom is -0.389 e. The first kappa shape index (κ1) is 12.1. The largest absolute Gasteiger partial charge is 0.389 e. The van der Waals surface area contributed by atoms with Crippen molar-refractivity contribution in [2.45, 2.75) is 38.7 Å². The van der Waals surface area contributed by atoms with Gasteiger partial charge in [0.15, 0.2) is 0 Å². The average Bonchev–Trinajstić information content (AvgIpc) is 2.86. The number of thiophene rings is 1. The van der Waals surface area contributed by atoms with Crippen molar-refractivity contribution < 1.29 is 9.84 Å². The fourth-order valence-electron chi connectivity index (χ4n) is 2.23. The number of ether oxygens (including phenoxy) is 1. The number of rotatable bonds is 4. The minimum atomic E-state index is -0.619. The molecular weight excluding hydrogens is 220 g/mol. The number of hydrogen-bond acceptors (Lipinski definition) is 3. The lowest BCUT2D eigenvalue weighted by Gasteiger charge is -2.28. The van der Waals surface area contributed by atoms with E-state index in [0.29, 0.717) is 12.5 Å². The van der Waals surface area contributed by atoms with E-state index in [-0.39, 0.29) is 0 Å². The normalized spacial score (nSPS) is 24.6. The third-order valence-corrected chi connectivity index (χ3v) is 4.64. The summed E-state index contributed by atoms with van der Waals surface area (Å²) in [7, 11) is 0. The lowest BCUT2D eigenvalue weighted by Crippen LogP contribution is -2.37. The maximum Gasteiger partial charge on any atom is 0.0718 e. The Bertz CT molecular complexity index is 337. The van der Waals surface area contributed by atoms with Crippen LogP contribution in [0.25, 0.3) is 0 Å². The Hall–Kier alpha value is -0.380. The quantitative estimate of drug-likeness (QED) is 0.876. The van der Waals surface area contributed by atoms with E-state index in [0.717, 1.165) is 25.9 Å². The molecule has 0 amide bonds. The van der Waals surface area contributed by atoms with E-state index in [9.17, 15) is 5.11 Å². The standard InChI is InChI=1S/C13H20O2S/c1-3-11-4-5-12(16-11)8-13(2,14)10-6-7-15-9-10/h4-5,10,14H,3,6-9H2,1-2H3. The summed E-state index contributed by atoms with van der Waals surface area (Å²) in [5, 5.41) is 10.5. The second-order valence-corrected chi connectivity index (χ2v) is 6.07. The first-order chi connectivity index (χ1) is 7.62. The van der Waals surface area contributed by atoms with Crippen LogP contribution in [0.15, 0.2) is 12.1 Å². The van der Waals surface area contributed by atoms with E-state index >= 15 is 0 Å². The number of aliphatic hydroxyl groups is 1. The molecule has 0 spiro atoms. The van der Waals surface area contributed by atoms with Crippen LogP contribution in [0.5, 0.6) is 0 Å². The van der Waals surface area contributed by atoms with Crippen LogP contribution in [0.4, 0.5) is 0 Å². The van der Waals surface area contributed by atoms with Crippen molar-refractivity contribution in [1.29, 1.82) is 0 Å². The van der Waals surface area contributed by atoms with Gasteiger partial charge in [-0.15, -0.1) is 11.3 Å². The van der Waals surface area contributed by atoms with Crippen LogP contribution in [0, 0.1) is 5.92 Å². The Kier molecular flexibility index (Phi) is 3.67. The molecule has 16 heavy (non-hydrogen) atoms. The van der Waals surface area contributed by atoms with E-state index in [1.807, 2.05) is 18.3 Å². The van der Waals surface area contributed by atoms with Gasteiger partial charge in [0, 0.05) is 28.7 Å². The van der Waals surface area contributed by atoms with Crippen molar-refractivity contribution >= 4 is 11.3 Å². The molecule has 1 aliphatic rings. The smallest absolute Gasteiger partial charge is 0.0718 e. The molecule has 1 aromatic rings. The Labute approximate surface area is 101 Å². The number of aryl methyl sites for hydroxylation is 1. The molecule has 1 saturated heterocycles. The highest BCUT2D eigenvalue weighted by Gasteiger charge is 2.35. The molecule has 1 aromatic heterocycles. The molecule has 3 heteroatoms. The van der Waals surface area contributed by atoms with Crippen molar-refractivity contribution in [3.05, 3.63) is 21.9 Å². The van der Waals surface area contributed by atoms with E-state index in [2.05, 4.69) is 19.1 Å². The van der Waals surface area contributed by atoms with Gasteiger partial charge in [-0.05, 0) is 31.9 Å². The molecule has 2 nitrogen and oxygen atoms in total. The van der Waals surface area contributed by atoms with Crippen molar-refractivity contribution in [1.82, 2.24) is 0 Å². The lowest BCUT2D eigenvalue weighted by atomic mass is 9.85. The zero-order valence-corrected chi connectivity index (χ0v) is 10.8. The van der Waals surface area contributed by atoms with Crippen LogP contribution in [0.2, 0.25) is 0 Å². The highest BCUT2D eigenvalue weighted by atomic mass is 32.1. The Morgan fingerprint density at radius 3 is 2.81 bits per heavy atom. The molecule has 0 saturated carbocycles. The second kappa shape index (κ2) is 4.86. The molecule has 1 fully saturated rings. The van der Waals surface area contributed by atoms with Gasteiger partial charge in [-0.2, -0.15) is 0 Å². The topological polar surface area (TPSA) is 29.5 Å². The van der Waals surface area contributed by atoms with Gasteiger partial charge in [-0.1, -0.05) is 6.92 Å². The van der Waals surface area contributed by atoms with Crippen molar-refractivity contribution in [3.63, 3.8) is 0 Å². The zero-order valence-electron chi connectivity index (χ0n) is 10.0. The summed E-state index contributed by atoms with van der Waals surface area (Å²) in [5.74, 6) is 0.291. The van der Waals surface area contributed by atoms with Crippen molar-refractivity contribution in [2.75, 3.05) is 13.2 Å². The SMILES string of the molecule is CCc1ccc(CC(C)(O)C2CCOC2)s1. The predicted octanol–water partition coefficient (Wildman–Crippen LogP) is 2.64. The van der Waals surface area contributed by atoms with Gasteiger partial charge in [0.2, 0.25) is 0 Å². The van der Waals surface area contributed by atoms with Crippen LogP contribution in [0.1, 0.15) is 30.0 Å². The summed E-state index contributed by atoms with van der Waals surface area (Å²) < 4.78 is 5.35. The third kappa shape index (κ3) is 2.65. The zero-order chi connectivity index (χ0) is 11.6. The summed E-state index contributed by atoms with van der Waals surface area (Å²) in [5.41, 5.74) is -0.619. The molecule has 2 atom stereocenters. The summed E-state index contributed by atoms with van der Waals surface area (Å²) >= 11 is 1.82. The maximum atomic E-state index is 10.5. The minimum absolute atomic E-state index is 0.291. The van der Waals surface area contributed by atoms with Crippen LogP contribution < -0.4 is 0 Å². The molecule has 0 bridgehead atoms. The maximum absolute atomic E-state index is 10.5. The van der Waals surface area contributed by atoms with Gasteiger partial charge in [0.25, 0.3) is 0 Å². The van der Waals surface area contributed by atoms with Gasteiger partial charge in [0.1, 0.15) is 0 Å². The lowest BCUT2D eigenvalue weighted by molar-refractivity contribution is -0.00389. The molecular formula is C13H20O2S. The highest BCUT2D eigenvalue weighted by Crippen LogP contribution is 2.31. The molecule has 0 aromatic carbocycles. The molecule has 0 aliphatic carbocycles. The van der Waals surface area contributed by atoms with E-state index in [1.165, 1.54) is 9.75 Å². The van der Waals surface area contributed by atoms with Gasteiger partial charge in [-0.25, -0.2) is 0 Å².